The second kappa shape index (κ2) is 8.37. The maximum absolute atomic E-state index is 12.8. The first-order valence-corrected chi connectivity index (χ1v) is 9.76. The summed E-state index contributed by atoms with van der Waals surface area (Å²) in [4.78, 5) is 39.7. The highest BCUT2D eigenvalue weighted by molar-refractivity contribution is 6.06. The van der Waals surface area contributed by atoms with Crippen molar-refractivity contribution in [2.75, 3.05) is 13.1 Å². The number of carbonyl (C=O) groups excluding carboxylic acids is 2. The number of rotatable bonds is 6. The zero-order chi connectivity index (χ0) is 19.4. The summed E-state index contributed by atoms with van der Waals surface area (Å²) < 4.78 is 1.46. The van der Waals surface area contributed by atoms with Crippen LogP contribution < -0.4 is 10.9 Å². The fourth-order valence-corrected chi connectivity index (χ4v) is 3.84. The zero-order valence-electron chi connectivity index (χ0n) is 16.0. The van der Waals surface area contributed by atoms with Crippen molar-refractivity contribution in [2.45, 2.75) is 52.1 Å². The number of pyridine rings is 1. The van der Waals surface area contributed by atoms with Gasteiger partial charge >= 0.3 is 0 Å². The van der Waals surface area contributed by atoms with Crippen LogP contribution in [0.25, 0.3) is 10.9 Å². The molecule has 1 N–H and O–H groups in total. The van der Waals surface area contributed by atoms with Crippen molar-refractivity contribution in [3.63, 3.8) is 0 Å². The molecular weight excluding hydrogens is 342 g/mol. The molecule has 1 heterocycles. The van der Waals surface area contributed by atoms with Gasteiger partial charge in [0.05, 0.1) is 11.1 Å². The van der Waals surface area contributed by atoms with Crippen LogP contribution >= 0.6 is 0 Å². The molecule has 0 spiro atoms. The smallest absolute Gasteiger partial charge is 0.254 e. The Balaban J connectivity index is 1.96. The lowest BCUT2D eigenvalue weighted by atomic mass is 10.1. The highest BCUT2D eigenvalue weighted by Gasteiger charge is 2.21. The van der Waals surface area contributed by atoms with E-state index in [0.29, 0.717) is 29.6 Å². The van der Waals surface area contributed by atoms with E-state index in [2.05, 4.69) is 5.32 Å². The molecule has 1 fully saturated rings. The lowest BCUT2D eigenvalue weighted by molar-refractivity contribution is -0.122. The van der Waals surface area contributed by atoms with Crippen LogP contribution in [-0.2, 0) is 11.3 Å². The van der Waals surface area contributed by atoms with E-state index >= 15 is 0 Å². The van der Waals surface area contributed by atoms with Crippen molar-refractivity contribution in [3.8, 4) is 0 Å². The maximum Gasteiger partial charge on any atom is 0.254 e. The summed E-state index contributed by atoms with van der Waals surface area (Å²) in [6.07, 6.45) is 4.27. The zero-order valence-corrected chi connectivity index (χ0v) is 16.0. The molecule has 2 amide bonds. The van der Waals surface area contributed by atoms with Gasteiger partial charge in [-0.2, -0.15) is 0 Å². The molecule has 0 radical (unpaired) electrons. The molecular formula is C21H27N3O3. The first kappa shape index (κ1) is 19.1. The van der Waals surface area contributed by atoms with Crippen LogP contribution in [0.5, 0.6) is 0 Å². The lowest BCUT2D eigenvalue weighted by Crippen LogP contribution is -2.38. The summed E-state index contributed by atoms with van der Waals surface area (Å²) >= 11 is 0. The number of hydrogen-bond donors (Lipinski definition) is 1. The van der Waals surface area contributed by atoms with Gasteiger partial charge in [-0.3, -0.25) is 19.0 Å². The number of nitrogens with zero attached hydrogens (tertiary/aromatic N) is 2. The Bertz CT molecular complexity index is 893. The Hall–Kier alpha value is -2.63. The standard InChI is InChI=1S/C21H27N3O3/c1-3-23(4-2)21(27)17-13-20(26)24(18-12-8-7-11-16(17)18)14-19(25)22-15-9-5-6-10-15/h7-8,11-13,15H,3-6,9-10,14H2,1-2H3,(H,22,25). The SMILES string of the molecule is CCN(CC)C(=O)c1cc(=O)n(CC(=O)NC2CCCC2)c2ccccc12. The molecule has 144 valence electrons. The number of aromatic nitrogens is 1. The van der Waals surface area contributed by atoms with Gasteiger partial charge in [-0.1, -0.05) is 31.0 Å². The fourth-order valence-electron chi connectivity index (χ4n) is 3.84. The third-order valence-corrected chi connectivity index (χ3v) is 5.32. The highest BCUT2D eigenvalue weighted by atomic mass is 16.2. The number of carbonyl (C=O) groups is 2. The van der Waals surface area contributed by atoms with Crippen LogP contribution in [0.1, 0.15) is 49.9 Å². The quantitative estimate of drug-likeness (QED) is 0.851. The van der Waals surface area contributed by atoms with Gasteiger partial charge in [0.2, 0.25) is 5.91 Å². The Morgan fingerprint density at radius 2 is 1.81 bits per heavy atom. The number of amides is 2. The second-order valence-electron chi connectivity index (χ2n) is 7.03. The van der Waals surface area contributed by atoms with Gasteiger partial charge < -0.3 is 10.2 Å². The summed E-state index contributed by atoms with van der Waals surface area (Å²) in [6.45, 7) is 4.96. The van der Waals surface area contributed by atoms with Gasteiger partial charge in [0.1, 0.15) is 6.54 Å². The minimum absolute atomic E-state index is 0.0322. The van der Waals surface area contributed by atoms with Crippen molar-refractivity contribution in [2.24, 2.45) is 0 Å². The molecule has 3 rings (SSSR count). The first-order chi connectivity index (χ1) is 13.0. The molecule has 2 aromatic rings. The van der Waals surface area contributed by atoms with E-state index in [1.807, 2.05) is 32.0 Å². The van der Waals surface area contributed by atoms with Crippen molar-refractivity contribution < 1.29 is 9.59 Å². The molecule has 0 atom stereocenters. The van der Waals surface area contributed by atoms with Crippen LogP contribution in [0.15, 0.2) is 35.1 Å². The van der Waals surface area contributed by atoms with E-state index in [-0.39, 0.29) is 30.0 Å². The molecule has 6 nitrogen and oxygen atoms in total. The molecule has 1 saturated carbocycles. The Kier molecular flexibility index (Phi) is 5.94. The van der Waals surface area contributed by atoms with Crippen LogP contribution in [0.2, 0.25) is 0 Å². The van der Waals surface area contributed by atoms with Crippen LogP contribution in [0.4, 0.5) is 0 Å². The van der Waals surface area contributed by atoms with E-state index < -0.39 is 0 Å². The molecule has 0 aliphatic heterocycles. The Morgan fingerprint density at radius 1 is 1.15 bits per heavy atom. The molecule has 1 aliphatic carbocycles. The second-order valence-corrected chi connectivity index (χ2v) is 7.03. The van der Waals surface area contributed by atoms with Crippen molar-refractivity contribution >= 4 is 22.7 Å². The third-order valence-electron chi connectivity index (χ3n) is 5.32. The molecule has 6 heteroatoms. The van der Waals surface area contributed by atoms with E-state index in [1.54, 1.807) is 11.0 Å². The van der Waals surface area contributed by atoms with Crippen molar-refractivity contribution in [3.05, 3.63) is 46.2 Å². The number of para-hydroxylation sites is 1. The molecule has 1 aromatic heterocycles. The average molecular weight is 369 g/mol. The van der Waals surface area contributed by atoms with Gasteiger partial charge in [0, 0.05) is 30.6 Å². The minimum atomic E-state index is -0.328. The van der Waals surface area contributed by atoms with Crippen LogP contribution in [-0.4, -0.2) is 40.4 Å². The van der Waals surface area contributed by atoms with Crippen molar-refractivity contribution in [1.82, 2.24) is 14.8 Å². The summed E-state index contributed by atoms with van der Waals surface area (Å²) in [7, 11) is 0. The molecule has 0 bridgehead atoms. The largest absolute Gasteiger partial charge is 0.352 e. The monoisotopic (exact) mass is 369 g/mol. The summed E-state index contributed by atoms with van der Waals surface area (Å²) in [5, 5.41) is 3.72. The van der Waals surface area contributed by atoms with E-state index in [1.165, 1.54) is 10.6 Å². The normalized spacial score (nSPS) is 14.4. The maximum atomic E-state index is 12.8. The van der Waals surface area contributed by atoms with Gasteiger partial charge in [-0.15, -0.1) is 0 Å². The average Bonchev–Trinajstić information content (AvgIpc) is 3.17. The molecule has 1 aliphatic rings. The number of nitrogens with one attached hydrogen (secondary N) is 1. The lowest BCUT2D eigenvalue weighted by Gasteiger charge is -2.20. The van der Waals surface area contributed by atoms with Crippen LogP contribution in [0.3, 0.4) is 0 Å². The highest BCUT2D eigenvalue weighted by Crippen LogP contribution is 2.20. The van der Waals surface area contributed by atoms with E-state index in [9.17, 15) is 14.4 Å². The first-order valence-electron chi connectivity index (χ1n) is 9.76. The molecule has 0 saturated heterocycles. The number of fused-ring (bicyclic) bond motifs is 1. The minimum Gasteiger partial charge on any atom is -0.352 e. The fraction of sp³-hybridized carbons (Fsp3) is 0.476. The summed E-state index contributed by atoms with van der Waals surface area (Å²) in [5.74, 6) is -0.312. The third kappa shape index (κ3) is 4.04. The predicted octanol–water partition coefficient (Wildman–Crippen LogP) is 2.54. The van der Waals surface area contributed by atoms with Gasteiger partial charge in [-0.05, 0) is 32.8 Å². The summed E-state index contributed by atoms with van der Waals surface area (Å²) in [6, 6.07) is 8.86. The Labute approximate surface area is 159 Å². The van der Waals surface area contributed by atoms with Gasteiger partial charge in [0.15, 0.2) is 0 Å². The van der Waals surface area contributed by atoms with Gasteiger partial charge in [0.25, 0.3) is 11.5 Å². The number of benzene rings is 1. The van der Waals surface area contributed by atoms with Gasteiger partial charge in [-0.25, -0.2) is 0 Å². The topological polar surface area (TPSA) is 71.4 Å². The van der Waals surface area contributed by atoms with E-state index in [0.717, 1.165) is 25.7 Å². The summed E-state index contributed by atoms with van der Waals surface area (Å²) in [5.41, 5.74) is 0.680. The molecule has 27 heavy (non-hydrogen) atoms. The number of hydrogen-bond acceptors (Lipinski definition) is 3. The van der Waals surface area contributed by atoms with E-state index in [4.69, 9.17) is 0 Å². The molecule has 1 aromatic carbocycles. The van der Waals surface area contributed by atoms with Crippen molar-refractivity contribution in [1.29, 1.82) is 0 Å². The Morgan fingerprint density at radius 3 is 2.48 bits per heavy atom. The molecule has 0 unspecified atom stereocenters. The predicted molar refractivity (Wildman–Crippen MR) is 106 cm³/mol. The van der Waals surface area contributed by atoms with Crippen LogP contribution in [0, 0.1) is 0 Å².